The molecule has 0 bridgehead atoms. The average molecular weight is 522 g/mol. The Kier molecular flexibility index (Phi) is 8.32. The summed E-state index contributed by atoms with van der Waals surface area (Å²) >= 11 is 6.45. The zero-order valence-corrected chi connectivity index (χ0v) is 21.3. The van der Waals surface area contributed by atoms with Crippen molar-refractivity contribution in [1.29, 1.82) is 0 Å². The van der Waals surface area contributed by atoms with Crippen LogP contribution < -0.4 is 20.1 Å². The highest BCUT2D eigenvalue weighted by Crippen LogP contribution is 2.36. The summed E-state index contributed by atoms with van der Waals surface area (Å²) < 4.78 is 11.1. The predicted octanol–water partition coefficient (Wildman–Crippen LogP) is 4.94. The van der Waals surface area contributed by atoms with Crippen LogP contribution in [-0.4, -0.2) is 41.7 Å². The second kappa shape index (κ2) is 11.8. The van der Waals surface area contributed by atoms with Crippen LogP contribution in [0.3, 0.4) is 0 Å². The van der Waals surface area contributed by atoms with Gasteiger partial charge in [-0.1, -0.05) is 47.5 Å². The number of aliphatic carboxylic acids is 1. The minimum Gasteiger partial charge on any atom is -0.493 e. The fourth-order valence-corrected chi connectivity index (χ4v) is 4.28. The maximum Gasteiger partial charge on any atom is 0.321 e. The van der Waals surface area contributed by atoms with Crippen LogP contribution >= 0.6 is 11.6 Å². The molecule has 0 spiro atoms. The molecule has 4 rings (SSSR count). The smallest absolute Gasteiger partial charge is 0.321 e. The lowest BCUT2D eigenvalue weighted by atomic mass is 10.0. The fourth-order valence-electron chi connectivity index (χ4n) is 4.00. The Morgan fingerprint density at radius 1 is 1.11 bits per heavy atom. The predicted molar refractivity (Wildman–Crippen MR) is 144 cm³/mol. The number of ether oxygens (including phenoxy) is 2. The van der Waals surface area contributed by atoms with Crippen LogP contribution in [0.15, 0.2) is 66.9 Å². The van der Waals surface area contributed by atoms with Crippen molar-refractivity contribution in [3.8, 4) is 11.5 Å². The maximum absolute atomic E-state index is 12.3. The number of carboxylic acid groups (broad SMARTS) is 1. The fraction of sp³-hybridized carbons (Fsp3) is 0.214. The van der Waals surface area contributed by atoms with E-state index in [1.807, 2.05) is 61.7 Å². The molecule has 1 aromatic heterocycles. The summed E-state index contributed by atoms with van der Waals surface area (Å²) in [5.74, 6) is -0.714. The summed E-state index contributed by atoms with van der Waals surface area (Å²) in [6.45, 7) is 1.95. The molecule has 192 valence electrons. The molecule has 8 nitrogen and oxygen atoms in total. The van der Waals surface area contributed by atoms with Crippen LogP contribution in [0.25, 0.3) is 10.9 Å². The van der Waals surface area contributed by atoms with Crippen molar-refractivity contribution in [2.45, 2.75) is 25.9 Å². The van der Waals surface area contributed by atoms with Gasteiger partial charge in [0.2, 0.25) is 0 Å². The van der Waals surface area contributed by atoms with Gasteiger partial charge in [0.05, 0.1) is 12.1 Å². The monoisotopic (exact) mass is 521 g/mol. The Hall–Kier alpha value is -4.01. The molecule has 4 aromatic rings. The summed E-state index contributed by atoms with van der Waals surface area (Å²) in [4.78, 5) is 27.4. The van der Waals surface area contributed by atoms with E-state index in [-0.39, 0.29) is 29.8 Å². The van der Waals surface area contributed by atoms with Gasteiger partial charge in [-0.15, -0.1) is 0 Å². The molecule has 1 heterocycles. The van der Waals surface area contributed by atoms with Crippen LogP contribution in [0, 0.1) is 6.92 Å². The highest BCUT2D eigenvalue weighted by atomic mass is 35.5. The lowest BCUT2D eigenvalue weighted by molar-refractivity contribution is -0.139. The van der Waals surface area contributed by atoms with Gasteiger partial charge in [-0.2, -0.15) is 0 Å². The molecule has 4 N–H and O–H groups in total. The molecular formula is C28H28ClN3O5. The Morgan fingerprint density at radius 3 is 2.59 bits per heavy atom. The third-order valence-electron chi connectivity index (χ3n) is 5.92. The van der Waals surface area contributed by atoms with E-state index in [4.69, 9.17) is 21.1 Å². The molecular weight excluding hydrogens is 494 g/mol. The number of carbonyl (C=O) groups excluding carboxylic acids is 1. The molecule has 3 aromatic carbocycles. The first-order valence-electron chi connectivity index (χ1n) is 11.7. The highest BCUT2D eigenvalue weighted by Gasteiger charge is 2.20. The lowest BCUT2D eigenvalue weighted by Gasteiger charge is -2.17. The molecule has 0 saturated carbocycles. The van der Waals surface area contributed by atoms with Gasteiger partial charge in [0, 0.05) is 35.8 Å². The minimum absolute atomic E-state index is 0.237. The number of para-hydroxylation sites is 1. The molecule has 0 saturated heterocycles. The van der Waals surface area contributed by atoms with Crippen LogP contribution in [0.2, 0.25) is 5.02 Å². The number of aromatic nitrogens is 1. The number of carbonyl (C=O) groups is 2. The average Bonchev–Trinajstić information content (AvgIpc) is 3.29. The molecule has 0 aliphatic heterocycles. The topological polar surface area (TPSA) is 113 Å². The summed E-state index contributed by atoms with van der Waals surface area (Å²) in [5, 5.41) is 16.9. The van der Waals surface area contributed by atoms with Gasteiger partial charge in [-0.05, 0) is 48.4 Å². The molecule has 0 unspecified atom stereocenters. The maximum atomic E-state index is 12.3. The number of aromatic amines is 1. The number of fused-ring (bicyclic) bond motifs is 1. The minimum atomic E-state index is -0.956. The van der Waals surface area contributed by atoms with E-state index in [1.54, 1.807) is 12.1 Å². The first-order valence-corrected chi connectivity index (χ1v) is 12.1. The molecule has 0 aliphatic rings. The number of H-pyrrole nitrogens is 1. The number of aryl methyl sites for hydroxylation is 1. The van der Waals surface area contributed by atoms with Gasteiger partial charge >= 0.3 is 5.97 Å². The zero-order chi connectivity index (χ0) is 26.4. The Bertz CT molecular complexity index is 1400. The summed E-state index contributed by atoms with van der Waals surface area (Å²) in [5.41, 5.74) is 4.34. The van der Waals surface area contributed by atoms with Crippen molar-refractivity contribution in [3.05, 3.63) is 88.6 Å². The van der Waals surface area contributed by atoms with Crippen LogP contribution in [0.1, 0.15) is 16.7 Å². The van der Waals surface area contributed by atoms with Crippen LogP contribution in [-0.2, 0) is 22.6 Å². The molecule has 0 aliphatic carbocycles. The van der Waals surface area contributed by atoms with Gasteiger partial charge in [0.1, 0.15) is 6.04 Å². The summed E-state index contributed by atoms with van der Waals surface area (Å²) in [6.07, 6.45) is 2.14. The van der Waals surface area contributed by atoms with Gasteiger partial charge in [-0.25, -0.2) is 0 Å². The molecule has 9 heteroatoms. The summed E-state index contributed by atoms with van der Waals surface area (Å²) in [6, 6.07) is 17.7. The number of methoxy groups -OCH3 is 1. The van der Waals surface area contributed by atoms with Crippen molar-refractivity contribution in [3.63, 3.8) is 0 Å². The number of anilines is 1. The third-order valence-corrected chi connectivity index (χ3v) is 6.20. The second-order valence-corrected chi connectivity index (χ2v) is 9.05. The normalized spacial score (nSPS) is 11.8. The van der Waals surface area contributed by atoms with E-state index in [0.29, 0.717) is 23.4 Å². The highest BCUT2D eigenvalue weighted by molar-refractivity contribution is 6.32. The lowest BCUT2D eigenvalue weighted by Crippen LogP contribution is -2.38. The zero-order valence-electron chi connectivity index (χ0n) is 20.5. The van der Waals surface area contributed by atoms with E-state index >= 15 is 0 Å². The van der Waals surface area contributed by atoms with E-state index in [9.17, 15) is 14.7 Å². The Balaban J connectivity index is 1.39. The largest absolute Gasteiger partial charge is 0.493 e. The SMILES string of the molecule is COc1cc(CN[C@@H](Cc2c[nH]c3ccccc23)C(=O)O)cc(Cl)c1OCC(=O)Nc1ccc(C)cc1. The number of carboxylic acids is 1. The van der Waals surface area contributed by atoms with Gasteiger partial charge in [0.15, 0.2) is 18.1 Å². The van der Waals surface area contributed by atoms with Crippen molar-refractivity contribution < 1.29 is 24.2 Å². The van der Waals surface area contributed by atoms with E-state index in [0.717, 1.165) is 22.0 Å². The van der Waals surface area contributed by atoms with Crippen LogP contribution in [0.5, 0.6) is 11.5 Å². The first-order chi connectivity index (χ1) is 17.8. The van der Waals surface area contributed by atoms with Gasteiger partial charge < -0.3 is 30.2 Å². The van der Waals surface area contributed by atoms with Crippen molar-refractivity contribution >= 4 is 40.1 Å². The van der Waals surface area contributed by atoms with Gasteiger partial charge in [0.25, 0.3) is 5.91 Å². The van der Waals surface area contributed by atoms with E-state index in [2.05, 4.69) is 15.6 Å². The number of hydrogen-bond donors (Lipinski definition) is 4. The van der Waals surface area contributed by atoms with Crippen molar-refractivity contribution in [1.82, 2.24) is 10.3 Å². The van der Waals surface area contributed by atoms with E-state index in [1.165, 1.54) is 7.11 Å². The van der Waals surface area contributed by atoms with Crippen molar-refractivity contribution in [2.24, 2.45) is 0 Å². The molecule has 0 fully saturated rings. The second-order valence-electron chi connectivity index (χ2n) is 8.65. The molecule has 37 heavy (non-hydrogen) atoms. The number of amides is 1. The van der Waals surface area contributed by atoms with Crippen molar-refractivity contribution in [2.75, 3.05) is 19.0 Å². The molecule has 1 atom stereocenters. The Labute approximate surface area is 219 Å². The van der Waals surface area contributed by atoms with E-state index < -0.39 is 12.0 Å². The third kappa shape index (κ3) is 6.61. The first kappa shape index (κ1) is 26.1. The number of halogens is 1. The standard InChI is InChI=1S/C28H28ClN3O5/c1-17-7-9-20(10-8-17)32-26(33)16-37-27-22(29)11-18(12-25(27)36-2)14-30-24(28(34)35)13-19-15-31-23-6-4-3-5-21(19)23/h3-12,15,24,30-31H,13-14,16H2,1-2H3,(H,32,33)(H,34,35)/t24-/m0/s1. The number of benzene rings is 3. The number of nitrogens with one attached hydrogen (secondary N) is 3. The molecule has 0 radical (unpaired) electrons. The van der Waals surface area contributed by atoms with Crippen LogP contribution in [0.4, 0.5) is 5.69 Å². The summed E-state index contributed by atoms with van der Waals surface area (Å²) in [7, 11) is 1.47. The quantitative estimate of drug-likeness (QED) is 0.222. The van der Waals surface area contributed by atoms with Gasteiger partial charge in [-0.3, -0.25) is 9.59 Å². The number of hydrogen-bond acceptors (Lipinski definition) is 5. The number of rotatable bonds is 11. The molecule has 1 amide bonds. The Morgan fingerprint density at radius 2 is 1.86 bits per heavy atom.